The maximum Gasteiger partial charge on any atom is 0.277 e. The van der Waals surface area contributed by atoms with Gasteiger partial charge >= 0.3 is 0 Å². The predicted molar refractivity (Wildman–Crippen MR) is 123 cm³/mol. The van der Waals surface area contributed by atoms with Crippen LogP contribution in [0, 0.1) is 10.1 Å². The molecule has 2 aliphatic rings. The summed E-state index contributed by atoms with van der Waals surface area (Å²) < 4.78 is 0. The smallest absolute Gasteiger partial charge is 0.277 e. The Labute approximate surface area is 184 Å². The third kappa shape index (κ3) is 4.97. The monoisotopic (exact) mass is 423 g/mol. The van der Waals surface area contributed by atoms with Crippen LogP contribution in [-0.2, 0) is 0 Å². The van der Waals surface area contributed by atoms with Gasteiger partial charge in [-0.2, -0.15) is 0 Å². The first-order chi connectivity index (χ1) is 15.0. The van der Waals surface area contributed by atoms with Gasteiger partial charge in [-0.25, -0.2) is 0 Å². The van der Waals surface area contributed by atoms with Crippen molar-refractivity contribution in [3.8, 4) is 11.1 Å². The Balaban J connectivity index is 1.70. The van der Waals surface area contributed by atoms with Gasteiger partial charge in [0.1, 0.15) is 0 Å². The van der Waals surface area contributed by atoms with Gasteiger partial charge in [0.2, 0.25) is 0 Å². The number of rotatable bonds is 6. The van der Waals surface area contributed by atoms with Gasteiger partial charge < -0.3 is 14.9 Å². The molecule has 2 aromatic carbocycles. The number of nitro benzene ring substituents is 1. The van der Waals surface area contributed by atoms with Gasteiger partial charge in [-0.05, 0) is 37.1 Å². The highest BCUT2D eigenvalue weighted by Crippen LogP contribution is 2.42. The molecule has 0 radical (unpaired) electrons. The summed E-state index contributed by atoms with van der Waals surface area (Å²) in [6, 6.07) is 15.1. The molecule has 0 aromatic heterocycles. The van der Waals surface area contributed by atoms with E-state index >= 15 is 0 Å². The van der Waals surface area contributed by atoms with Crippen LogP contribution in [0.15, 0.2) is 48.5 Å². The first kappa shape index (κ1) is 21.9. The number of nitrogens with zero attached hydrogens (tertiary/aromatic N) is 3. The van der Waals surface area contributed by atoms with Crippen LogP contribution in [0.5, 0.6) is 0 Å². The Morgan fingerprint density at radius 1 is 1.03 bits per heavy atom. The van der Waals surface area contributed by atoms with Crippen LogP contribution in [0.3, 0.4) is 0 Å². The Kier molecular flexibility index (Phi) is 6.70. The number of nitro groups is 1. The van der Waals surface area contributed by atoms with Crippen molar-refractivity contribution in [2.75, 3.05) is 39.8 Å². The van der Waals surface area contributed by atoms with Crippen LogP contribution in [0.2, 0.25) is 0 Å². The first-order valence-electron chi connectivity index (χ1n) is 11.4. The van der Waals surface area contributed by atoms with Crippen LogP contribution >= 0.6 is 0 Å². The second kappa shape index (κ2) is 9.47. The number of aliphatic hydroxyl groups is 1. The van der Waals surface area contributed by atoms with Gasteiger partial charge in [-0.1, -0.05) is 55.7 Å². The Bertz CT molecular complexity index is 888. The summed E-state index contributed by atoms with van der Waals surface area (Å²) in [5, 5.41) is 23.7. The van der Waals surface area contributed by atoms with Gasteiger partial charge in [0.05, 0.1) is 16.1 Å². The zero-order valence-corrected chi connectivity index (χ0v) is 18.4. The summed E-state index contributed by atoms with van der Waals surface area (Å²) in [6.07, 6.45) is 4.70. The molecule has 1 N–H and O–H groups in total. The van der Waals surface area contributed by atoms with E-state index in [0.717, 1.165) is 76.0 Å². The van der Waals surface area contributed by atoms with Crippen molar-refractivity contribution in [3.63, 3.8) is 0 Å². The average molecular weight is 424 g/mol. The molecular formula is C25H33N3O3. The molecule has 6 heteroatoms. The molecule has 1 aliphatic heterocycles. The molecule has 1 aliphatic carbocycles. The second-order valence-corrected chi connectivity index (χ2v) is 9.22. The lowest BCUT2D eigenvalue weighted by Crippen LogP contribution is -2.50. The van der Waals surface area contributed by atoms with E-state index in [9.17, 15) is 15.2 Å². The second-order valence-electron chi connectivity index (χ2n) is 9.22. The Hall–Kier alpha value is -2.28. The topological polar surface area (TPSA) is 69.9 Å². The maximum atomic E-state index is 12.0. The minimum absolute atomic E-state index is 0.117. The third-order valence-corrected chi connectivity index (χ3v) is 7.11. The number of piperazine rings is 1. The fourth-order valence-electron chi connectivity index (χ4n) is 5.16. The van der Waals surface area contributed by atoms with Crippen molar-refractivity contribution in [1.82, 2.24) is 9.80 Å². The zero-order chi connectivity index (χ0) is 21.8. The Morgan fingerprint density at radius 2 is 1.71 bits per heavy atom. The lowest BCUT2D eigenvalue weighted by molar-refractivity contribution is -0.384. The standard InChI is InChI=1S/C25H33N3O3/c1-26-14-16-27(17-15-26)19-23(25(29)12-6-3-7-13-25)21-10-11-22(24(18-21)28(30)31)20-8-4-2-5-9-20/h2,4-5,8-11,18,23,29H,3,6-7,12-17,19H2,1H3. The fraction of sp³-hybridized carbons (Fsp3) is 0.520. The molecule has 4 rings (SSSR count). The van der Waals surface area contributed by atoms with Crippen LogP contribution in [-0.4, -0.2) is 65.2 Å². The third-order valence-electron chi connectivity index (χ3n) is 7.11. The van der Waals surface area contributed by atoms with Gasteiger partial charge in [0.15, 0.2) is 0 Å². The van der Waals surface area contributed by atoms with Crippen molar-refractivity contribution >= 4 is 5.69 Å². The molecule has 2 aromatic rings. The predicted octanol–water partition coefficient (Wildman–Crippen LogP) is 4.29. The Morgan fingerprint density at radius 3 is 2.35 bits per heavy atom. The normalized spacial score (nSPS) is 21.0. The molecular weight excluding hydrogens is 390 g/mol. The highest BCUT2D eigenvalue weighted by molar-refractivity contribution is 5.74. The van der Waals surface area contributed by atoms with Crippen molar-refractivity contribution in [2.45, 2.75) is 43.6 Å². The van der Waals surface area contributed by atoms with Crippen molar-refractivity contribution in [3.05, 3.63) is 64.2 Å². The van der Waals surface area contributed by atoms with Gasteiger partial charge in [-0.15, -0.1) is 0 Å². The van der Waals surface area contributed by atoms with Crippen LogP contribution in [0.25, 0.3) is 11.1 Å². The molecule has 2 fully saturated rings. The van der Waals surface area contributed by atoms with E-state index in [1.54, 1.807) is 6.07 Å². The van der Waals surface area contributed by atoms with E-state index in [1.807, 2.05) is 42.5 Å². The van der Waals surface area contributed by atoms with E-state index < -0.39 is 5.60 Å². The molecule has 0 amide bonds. The van der Waals surface area contributed by atoms with Crippen LogP contribution < -0.4 is 0 Å². The van der Waals surface area contributed by atoms with E-state index in [4.69, 9.17) is 0 Å². The fourth-order valence-corrected chi connectivity index (χ4v) is 5.16. The summed E-state index contributed by atoms with van der Waals surface area (Å²) in [5.41, 5.74) is 1.67. The van der Waals surface area contributed by atoms with Crippen molar-refractivity contribution < 1.29 is 10.0 Å². The summed E-state index contributed by atoms with van der Waals surface area (Å²) in [5.74, 6) is -0.125. The lowest BCUT2D eigenvalue weighted by Gasteiger charge is -2.43. The molecule has 1 atom stereocenters. The van der Waals surface area contributed by atoms with E-state index in [1.165, 1.54) is 0 Å². The molecule has 31 heavy (non-hydrogen) atoms. The van der Waals surface area contributed by atoms with Gasteiger partial charge in [-0.3, -0.25) is 10.1 Å². The van der Waals surface area contributed by atoms with Crippen molar-refractivity contribution in [1.29, 1.82) is 0 Å². The SMILES string of the molecule is CN1CCN(CC(c2ccc(-c3ccccc3)c([N+](=O)[O-])c2)C2(O)CCCCC2)CC1. The van der Waals surface area contributed by atoms with Crippen molar-refractivity contribution in [2.24, 2.45) is 0 Å². The number of hydrogen-bond donors (Lipinski definition) is 1. The van der Waals surface area contributed by atoms with Crippen LogP contribution in [0.1, 0.15) is 43.6 Å². The largest absolute Gasteiger partial charge is 0.389 e. The maximum absolute atomic E-state index is 12.0. The number of benzene rings is 2. The molecule has 1 saturated heterocycles. The summed E-state index contributed by atoms with van der Waals surface area (Å²) in [4.78, 5) is 16.4. The molecule has 6 nitrogen and oxygen atoms in total. The number of hydrogen-bond acceptors (Lipinski definition) is 5. The summed E-state index contributed by atoms with van der Waals surface area (Å²) >= 11 is 0. The minimum Gasteiger partial charge on any atom is -0.389 e. The van der Waals surface area contributed by atoms with Gasteiger partial charge in [0.25, 0.3) is 5.69 Å². The molecule has 166 valence electrons. The zero-order valence-electron chi connectivity index (χ0n) is 18.4. The molecule has 0 bridgehead atoms. The molecule has 1 saturated carbocycles. The quantitative estimate of drug-likeness (QED) is 0.554. The summed E-state index contributed by atoms with van der Waals surface area (Å²) in [6.45, 7) is 4.70. The van der Waals surface area contributed by atoms with E-state index in [-0.39, 0.29) is 16.5 Å². The summed E-state index contributed by atoms with van der Waals surface area (Å²) in [7, 11) is 2.13. The molecule has 1 unspecified atom stereocenters. The number of likely N-dealkylation sites (N-methyl/N-ethyl adjacent to an activating group) is 1. The minimum atomic E-state index is -0.802. The van der Waals surface area contributed by atoms with E-state index in [0.29, 0.717) is 5.56 Å². The molecule has 0 spiro atoms. The average Bonchev–Trinajstić information content (AvgIpc) is 2.79. The molecule has 1 heterocycles. The van der Waals surface area contributed by atoms with Gasteiger partial charge in [0, 0.05) is 44.7 Å². The lowest BCUT2D eigenvalue weighted by atomic mass is 9.72. The highest BCUT2D eigenvalue weighted by atomic mass is 16.6. The van der Waals surface area contributed by atoms with E-state index in [2.05, 4.69) is 16.8 Å². The van der Waals surface area contributed by atoms with Crippen LogP contribution in [0.4, 0.5) is 5.69 Å². The highest BCUT2D eigenvalue weighted by Gasteiger charge is 2.40. The first-order valence-corrected chi connectivity index (χ1v) is 11.4.